The molecule has 0 aromatic heterocycles. The summed E-state index contributed by atoms with van der Waals surface area (Å²) in [6.45, 7) is 4.49. The van der Waals surface area contributed by atoms with E-state index in [0.29, 0.717) is 23.8 Å². The van der Waals surface area contributed by atoms with Gasteiger partial charge in [-0.3, -0.25) is 0 Å². The average Bonchev–Trinajstić information content (AvgIpc) is 2.37. The maximum atomic E-state index is 5.89. The van der Waals surface area contributed by atoms with E-state index in [9.17, 15) is 0 Å². The number of hydrogen-bond donors (Lipinski definition) is 1. The van der Waals surface area contributed by atoms with E-state index in [4.69, 9.17) is 19.9 Å². The minimum absolute atomic E-state index is 0.0877. The summed E-state index contributed by atoms with van der Waals surface area (Å²) in [6.07, 6.45) is 0.0877. The van der Waals surface area contributed by atoms with Crippen LogP contribution in [-0.4, -0.2) is 13.2 Å². The third-order valence-electron chi connectivity index (χ3n) is 2.72. The monoisotopic (exact) mass is 287 g/mol. The van der Waals surface area contributed by atoms with Gasteiger partial charge in [0, 0.05) is 31.0 Å². The minimum Gasteiger partial charge on any atom is -0.491 e. The highest BCUT2D eigenvalue weighted by molar-refractivity contribution is 5.51. The second-order valence-corrected chi connectivity index (χ2v) is 5.09. The molecule has 0 bridgehead atoms. The zero-order valence-corrected chi connectivity index (χ0v) is 12.6. The van der Waals surface area contributed by atoms with Gasteiger partial charge < -0.3 is 19.9 Å². The zero-order valence-electron chi connectivity index (χ0n) is 12.6. The van der Waals surface area contributed by atoms with Gasteiger partial charge in [0.05, 0.1) is 12.7 Å². The van der Waals surface area contributed by atoms with Crippen molar-refractivity contribution in [2.45, 2.75) is 26.6 Å². The highest BCUT2D eigenvalue weighted by Crippen LogP contribution is 2.29. The van der Waals surface area contributed by atoms with Crippen molar-refractivity contribution < 1.29 is 14.2 Å². The lowest BCUT2D eigenvalue weighted by atomic mass is 10.2. The Labute approximate surface area is 125 Å². The Bertz CT molecular complexity index is 596. The molecule has 0 saturated heterocycles. The Hall–Kier alpha value is -2.20. The molecule has 0 saturated carbocycles. The smallest absolute Gasteiger partial charge is 0.133 e. The second-order valence-electron chi connectivity index (χ2n) is 5.09. The molecule has 2 N–H and O–H groups in total. The van der Waals surface area contributed by atoms with E-state index in [1.54, 1.807) is 19.2 Å². The molecule has 0 aliphatic heterocycles. The van der Waals surface area contributed by atoms with Crippen LogP contribution in [0.4, 0.5) is 5.69 Å². The number of nitrogens with two attached hydrogens (primary N) is 1. The molecular formula is C17H21NO3. The summed E-state index contributed by atoms with van der Waals surface area (Å²) in [5.41, 5.74) is 7.55. The Morgan fingerprint density at radius 2 is 1.76 bits per heavy atom. The van der Waals surface area contributed by atoms with Gasteiger partial charge in [0.1, 0.15) is 17.2 Å². The maximum absolute atomic E-state index is 5.89. The normalized spacial score (nSPS) is 10.7. The first-order valence-corrected chi connectivity index (χ1v) is 6.90. The molecule has 0 fully saturated rings. The van der Waals surface area contributed by atoms with Crippen molar-refractivity contribution in [2.24, 2.45) is 0 Å². The Kier molecular flexibility index (Phi) is 5.06. The first kappa shape index (κ1) is 15.2. The first-order valence-electron chi connectivity index (χ1n) is 6.90. The van der Waals surface area contributed by atoms with Crippen LogP contribution < -0.4 is 15.2 Å². The van der Waals surface area contributed by atoms with Crippen LogP contribution in [0.15, 0.2) is 42.5 Å². The van der Waals surface area contributed by atoms with E-state index in [0.717, 1.165) is 11.3 Å². The van der Waals surface area contributed by atoms with Crippen LogP contribution in [0.3, 0.4) is 0 Å². The van der Waals surface area contributed by atoms with Crippen molar-refractivity contribution in [2.75, 3.05) is 12.8 Å². The summed E-state index contributed by atoms with van der Waals surface area (Å²) in [4.78, 5) is 0. The lowest BCUT2D eigenvalue weighted by molar-refractivity contribution is 0.184. The summed E-state index contributed by atoms with van der Waals surface area (Å²) in [5, 5.41) is 0. The summed E-state index contributed by atoms with van der Waals surface area (Å²) in [5.74, 6) is 2.10. The zero-order chi connectivity index (χ0) is 15.2. The Morgan fingerprint density at radius 1 is 1.00 bits per heavy atom. The molecule has 0 aliphatic rings. The van der Waals surface area contributed by atoms with Gasteiger partial charge in [0.2, 0.25) is 0 Å². The minimum atomic E-state index is 0.0877. The van der Waals surface area contributed by atoms with E-state index >= 15 is 0 Å². The molecular weight excluding hydrogens is 266 g/mol. The van der Waals surface area contributed by atoms with Crippen LogP contribution in [-0.2, 0) is 11.3 Å². The lowest BCUT2D eigenvalue weighted by Gasteiger charge is -2.13. The van der Waals surface area contributed by atoms with Gasteiger partial charge in [-0.2, -0.15) is 0 Å². The molecule has 0 amide bonds. The molecule has 21 heavy (non-hydrogen) atoms. The molecule has 4 heteroatoms. The van der Waals surface area contributed by atoms with Crippen molar-refractivity contribution in [3.63, 3.8) is 0 Å². The fourth-order valence-corrected chi connectivity index (χ4v) is 1.99. The predicted octanol–water partition coefficient (Wildman–Crippen LogP) is 3.99. The third kappa shape index (κ3) is 4.68. The summed E-state index contributed by atoms with van der Waals surface area (Å²) >= 11 is 0. The summed E-state index contributed by atoms with van der Waals surface area (Å²) in [7, 11) is 1.67. The average molecular weight is 287 g/mol. The lowest BCUT2D eigenvalue weighted by Crippen LogP contribution is -2.05. The SMILES string of the molecule is COCc1cccc(Oc2cc(N)cc(OC(C)C)c2)c1. The number of methoxy groups -OCH3 is 1. The van der Waals surface area contributed by atoms with Gasteiger partial charge in [-0.15, -0.1) is 0 Å². The molecule has 2 rings (SSSR count). The fourth-order valence-electron chi connectivity index (χ4n) is 1.99. The molecule has 2 aromatic rings. The molecule has 2 aromatic carbocycles. The van der Waals surface area contributed by atoms with Gasteiger partial charge in [0.15, 0.2) is 0 Å². The predicted molar refractivity (Wildman–Crippen MR) is 83.8 cm³/mol. The van der Waals surface area contributed by atoms with Crippen molar-refractivity contribution >= 4 is 5.69 Å². The molecule has 0 unspecified atom stereocenters. The van der Waals surface area contributed by atoms with E-state index < -0.39 is 0 Å². The number of benzene rings is 2. The van der Waals surface area contributed by atoms with Crippen LogP contribution in [0.1, 0.15) is 19.4 Å². The van der Waals surface area contributed by atoms with E-state index in [2.05, 4.69) is 0 Å². The maximum Gasteiger partial charge on any atom is 0.133 e. The van der Waals surface area contributed by atoms with E-state index in [-0.39, 0.29) is 6.10 Å². The molecule has 0 radical (unpaired) electrons. The summed E-state index contributed by atoms with van der Waals surface area (Å²) in [6, 6.07) is 13.1. The number of ether oxygens (including phenoxy) is 3. The quantitative estimate of drug-likeness (QED) is 0.816. The van der Waals surface area contributed by atoms with Crippen LogP contribution in [0.2, 0.25) is 0 Å². The van der Waals surface area contributed by atoms with Gasteiger partial charge in [-0.05, 0) is 31.5 Å². The van der Waals surface area contributed by atoms with E-state index in [1.807, 2.05) is 44.2 Å². The van der Waals surface area contributed by atoms with Crippen molar-refractivity contribution in [1.29, 1.82) is 0 Å². The molecule has 0 aliphatic carbocycles. The molecule has 112 valence electrons. The van der Waals surface area contributed by atoms with E-state index in [1.165, 1.54) is 0 Å². The molecule has 0 spiro atoms. The highest BCUT2D eigenvalue weighted by Gasteiger charge is 2.05. The van der Waals surface area contributed by atoms with Crippen LogP contribution in [0.25, 0.3) is 0 Å². The van der Waals surface area contributed by atoms with Gasteiger partial charge in [-0.25, -0.2) is 0 Å². The Morgan fingerprint density at radius 3 is 2.48 bits per heavy atom. The van der Waals surface area contributed by atoms with Crippen LogP contribution in [0, 0.1) is 0 Å². The fraction of sp³-hybridized carbons (Fsp3) is 0.294. The largest absolute Gasteiger partial charge is 0.491 e. The van der Waals surface area contributed by atoms with Crippen molar-refractivity contribution in [1.82, 2.24) is 0 Å². The third-order valence-corrected chi connectivity index (χ3v) is 2.72. The molecule has 0 heterocycles. The number of anilines is 1. The molecule has 4 nitrogen and oxygen atoms in total. The first-order chi connectivity index (χ1) is 10.1. The van der Waals surface area contributed by atoms with Crippen LogP contribution in [0.5, 0.6) is 17.2 Å². The van der Waals surface area contributed by atoms with Crippen molar-refractivity contribution in [3.05, 3.63) is 48.0 Å². The van der Waals surface area contributed by atoms with Gasteiger partial charge in [-0.1, -0.05) is 12.1 Å². The second kappa shape index (κ2) is 6.99. The number of nitrogen functional groups attached to an aromatic ring is 1. The standard InChI is InChI=1S/C17H21NO3/c1-12(2)20-16-8-14(18)9-17(10-16)21-15-6-4-5-13(7-15)11-19-3/h4-10,12H,11,18H2,1-3H3. The Balaban J connectivity index is 2.18. The van der Waals surface area contributed by atoms with Crippen LogP contribution >= 0.6 is 0 Å². The van der Waals surface area contributed by atoms with Gasteiger partial charge in [0.25, 0.3) is 0 Å². The topological polar surface area (TPSA) is 53.7 Å². The number of hydrogen-bond acceptors (Lipinski definition) is 4. The van der Waals surface area contributed by atoms with Crippen molar-refractivity contribution in [3.8, 4) is 17.2 Å². The highest BCUT2D eigenvalue weighted by atomic mass is 16.5. The van der Waals surface area contributed by atoms with Gasteiger partial charge >= 0.3 is 0 Å². The molecule has 0 atom stereocenters. The summed E-state index contributed by atoms with van der Waals surface area (Å²) < 4.78 is 16.6. The number of rotatable bonds is 6.